The third kappa shape index (κ3) is 2.83. The van der Waals surface area contributed by atoms with Gasteiger partial charge in [0.1, 0.15) is 5.65 Å². The molecular weight excluding hydrogens is 242 g/mol. The monoisotopic (exact) mass is 259 g/mol. The minimum absolute atomic E-state index is 0.0395. The predicted octanol–water partition coefficient (Wildman–Crippen LogP) is 0.963. The van der Waals surface area contributed by atoms with Gasteiger partial charge in [-0.05, 0) is 25.0 Å². The van der Waals surface area contributed by atoms with Gasteiger partial charge < -0.3 is 10.1 Å². The van der Waals surface area contributed by atoms with E-state index in [2.05, 4.69) is 10.3 Å². The number of rotatable bonds is 3. The van der Waals surface area contributed by atoms with Gasteiger partial charge >= 0.3 is 0 Å². The molecule has 100 valence electrons. The first-order valence-corrected chi connectivity index (χ1v) is 6.61. The van der Waals surface area contributed by atoms with Gasteiger partial charge in [-0.15, -0.1) is 0 Å². The Hall–Kier alpha value is -1.72. The van der Waals surface area contributed by atoms with Crippen molar-refractivity contribution in [2.45, 2.75) is 25.4 Å². The summed E-state index contributed by atoms with van der Waals surface area (Å²) in [5.41, 5.74) is 1.43. The summed E-state index contributed by atoms with van der Waals surface area (Å²) in [6.07, 6.45) is 3.94. The SMILES string of the molecule is O=c1cc(CNC2CCCOC2)nc2ccccn12. The minimum Gasteiger partial charge on any atom is -0.380 e. The van der Waals surface area contributed by atoms with Gasteiger partial charge in [0.05, 0.1) is 12.3 Å². The van der Waals surface area contributed by atoms with Crippen molar-refractivity contribution >= 4 is 5.65 Å². The van der Waals surface area contributed by atoms with Crippen LogP contribution in [0.5, 0.6) is 0 Å². The highest BCUT2D eigenvalue weighted by Gasteiger charge is 2.13. The van der Waals surface area contributed by atoms with Crippen LogP contribution < -0.4 is 10.9 Å². The van der Waals surface area contributed by atoms with Crippen LogP contribution in [0.2, 0.25) is 0 Å². The Bertz CT molecular complexity index is 617. The average Bonchev–Trinajstić information content (AvgIpc) is 2.46. The number of pyridine rings is 1. The highest BCUT2D eigenvalue weighted by molar-refractivity contribution is 5.37. The number of fused-ring (bicyclic) bond motifs is 1. The van der Waals surface area contributed by atoms with E-state index in [1.54, 1.807) is 16.7 Å². The van der Waals surface area contributed by atoms with Crippen molar-refractivity contribution in [3.05, 3.63) is 46.5 Å². The zero-order valence-electron chi connectivity index (χ0n) is 10.7. The normalized spacial score (nSPS) is 19.7. The molecule has 19 heavy (non-hydrogen) atoms. The Morgan fingerprint density at radius 2 is 2.42 bits per heavy atom. The maximum atomic E-state index is 11.9. The van der Waals surface area contributed by atoms with Crippen molar-refractivity contribution in [2.24, 2.45) is 0 Å². The first-order valence-electron chi connectivity index (χ1n) is 6.61. The molecule has 2 aromatic rings. The zero-order valence-corrected chi connectivity index (χ0v) is 10.7. The second-order valence-corrected chi connectivity index (χ2v) is 4.81. The summed E-state index contributed by atoms with van der Waals surface area (Å²) in [5.74, 6) is 0. The lowest BCUT2D eigenvalue weighted by atomic mass is 10.1. The van der Waals surface area contributed by atoms with Gasteiger partial charge in [0, 0.05) is 31.5 Å². The molecular formula is C14H17N3O2. The van der Waals surface area contributed by atoms with Crippen molar-refractivity contribution in [1.82, 2.24) is 14.7 Å². The first kappa shape index (κ1) is 12.3. The number of hydrogen-bond donors (Lipinski definition) is 1. The predicted molar refractivity (Wildman–Crippen MR) is 72.1 cm³/mol. The second-order valence-electron chi connectivity index (χ2n) is 4.81. The summed E-state index contributed by atoms with van der Waals surface area (Å²) in [6, 6.07) is 7.50. The molecule has 1 saturated heterocycles. The molecule has 3 heterocycles. The van der Waals surface area contributed by atoms with Crippen LogP contribution in [0.15, 0.2) is 35.3 Å². The molecule has 0 radical (unpaired) electrons. The Balaban J connectivity index is 1.75. The van der Waals surface area contributed by atoms with Crippen LogP contribution in [0.3, 0.4) is 0 Å². The number of ether oxygens (including phenoxy) is 1. The van der Waals surface area contributed by atoms with E-state index < -0.39 is 0 Å². The lowest BCUT2D eigenvalue weighted by Crippen LogP contribution is -2.36. The average molecular weight is 259 g/mol. The van der Waals surface area contributed by atoms with Crippen LogP contribution in [0.25, 0.3) is 5.65 Å². The maximum Gasteiger partial charge on any atom is 0.258 e. The summed E-state index contributed by atoms with van der Waals surface area (Å²) in [5, 5.41) is 3.39. The molecule has 2 aromatic heterocycles. The van der Waals surface area contributed by atoms with Gasteiger partial charge in [0.25, 0.3) is 5.56 Å². The van der Waals surface area contributed by atoms with Gasteiger partial charge in [-0.25, -0.2) is 4.98 Å². The Morgan fingerprint density at radius 3 is 3.26 bits per heavy atom. The quantitative estimate of drug-likeness (QED) is 0.892. The molecule has 1 N–H and O–H groups in total. The fraction of sp³-hybridized carbons (Fsp3) is 0.429. The highest BCUT2D eigenvalue weighted by atomic mass is 16.5. The van der Waals surface area contributed by atoms with Crippen LogP contribution in [0.1, 0.15) is 18.5 Å². The van der Waals surface area contributed by atoms with Crippen LogP contribution in [0, 0.1) is 0 Å². The molecule has 0 aromatic carbocycles. The van der Waals surface area contributed by atoms with E-state index in [1.165, 1.54) is 0 Å². The lowest BCUT2D eigenvalue weighted by molar-refractivity contribution is 0.0698. The molecule has 5 nitrogen and oxygen atoms in total. The van der Waals surface area contributed by atoms with Gasteiger partial charge in [-0.2, -0.15) is 0 Å². The summed E-state index contributed by atoms with van der Waals surface area (Å²) in [6.45, 7) is 2.20. The van der Waals surface area contributed by atoms with Crippen LogP contribution in [0.4, 0.5) is 0 Å². The van der Waals surface area contributed by atoms with Gasteiger partial charge in [-0.1, -0.05) is 6.07 Å². The molecule has 1 aliphatic rings. The number of aromatic nitrogens is 2. The third-order valence-electron chi connectivity index (χ3n) is 3.36. The molecule has 1 atom stereocenters. The Morgan fingerprint density at radius 1 is 1.47 bits per heavy atom. The van der Waals surface area contributed by atoms with Crippen molar-refractivity contribution in [1.29, 1.82) is 0 Å². The molecule has 1 fully saturated rings. The standard InChI is InChI=1S/C14H17N3O2/c18-14-8-12(9-15-11-4-3-7-19-10-11)16-13-5-1-2-6-17(13)14/h1-2,5-6,8,11,15H,3-4,7,9-10H2. The fourth-order valence-corrected chi connectivity index (χ4v) is 2.34. The van der Waals surface area contributed by atoms with Gasteiger partial charge in [-0.3, -0.25) is 9.20 Å². The molecule has 5 heteroatoms. The molecule has 0 bridgehead atoms. The fourth-order valence-electron chi connectivity index (χ4n) is 2.34. The summed E-state index contributed by atoms with van der Waals surface area (Å²) >= 11 is 0. The summed E-state index contributed by atoms with van der Waals surface area (Å²) in [4.78, 5) is 16.4. The van der Waals surface area contributed by atoms with E-state index in [4.69, 9.17) is 4.74 Å². The lowest BCUT2D eigenvalue weighted by Gasteiger charge is -2.23. The zero-order chi connectivity index (χ0) is 13.1. The number of nitrogens with one attached hydrogen (secondary N) is 1. The highest BCUT2D eigenvalue weighted by Crippen LogP contribution is 2.06. The summed E-state index contributed by atoms with van der Waals surface area (Å²) < 4.78 is 6.96. The molecule has 0 amide bonds. The van der Waals surface area contributed by atoms with E-state index in [1.807, 2.05) is 18.2 Å². The number of nitrogens with zero attached hydrogens (tertiary/aromatic N) is 2. The van der Waals surface area contributed by atoms with E-state index in [9.17, 15) is 4.79 Å². The molecule has 0 spiro atoms. The molecule has 3 rings (SSSR count). The maximum absolute atomic E-state index is 11.9. The van der Waals surface area contributed by atoms with Crippen molar-refractivity contribution < 1.29 is 4.74 Å². The molecule has 1 unspecified atom stereocenters. The van der Waals surface area contributed by atoms with Crippen LogP contribution in [-0.4, -0.2) is 28.6 Å². The Kier molecular flexibility index (Phi) is 3.57. The molecule has 0 saturated carbocycles. The van der Waals surface area contributed by atoms with E-state index in [0.29, 0.717) is 18.2 Å². The van der Waals surface area contributed by atoms with E-state index >= 15 is 0 Å². The topological polar surface area (TPSA) is 55.6 Å². The summed E-state index contributed by atoms with van der Waals surface area (Å²) in [7, 11) is 0. The minimum atomic E-state index is -0.0395. The Labute approximate surface area is 111 Å². The van der Waals surface area contributed by atoms with Crippen molar-refractivity contribution in [2.75, 3.05) is 13.2 Å². The third-order valence-corrected chi connectivity index (χ3v) is 3.36. The van der Waals surface area contributed by atoms with Crippen LogP contribution >= 0.6 is 0 Å². The van der Waals surface area contributed by atoms with Crippen molar-refractivity contribution in [3.8, 4) is 0 Å². The largest absolute Gasteiger partial charge is 0.380 e. The second kappa shape index (κ2) is 5.50. The van der Waals surface area contributed by atoms with Crippen molar-refractivity contribution in [3.63, 3.8) is 0 Å². The smallest absolute Gasteiger partial charge is 0.258 e. The van der Waals surface area contributed by atoms with Crippen LogP contribution in [-0.2, 0) is 11.3 Å². The first-order chi connectivity index (χ1) is 9.33. The number of hydrogen-bond acceptors (Lipinski definition) is 4. The van der Waals surface area contributed by atoms with E-state index in [-0.39, 0.29) is 5.56 Å². The molecule has 1 aliphatic heterocycles. The van der Waals surface area contributed by atoms with E-state index in [0.717, 1.165) is 31.7 Å². The van der Waals surface area contributed by atoms with Gasteiger partial charge in [0.2, 0.25) is 0 Å². The van der Waals surface area contributed by atoms with Gasteiger partial charge in [0.15, 0.2) is 0 Å². The molecule has 0 aliphatic carbocycles.